The summed E-state index contributed by atoms with van der Waals surface area (Å²) in [5.74, 6) is -3.73. The van der Waals surface area contributed by atoms with Crippen LogP contribution in [0.4, 0.5) is 4.39 Å². The number of carboxylic acid groups (broad SMARTS) is 1. The fourth-order valence-electron chi connectivity index (χ4n) is 2.11. The van der Waals surface area contributed by atoms with Crippen molar-refractivity contribution in [3.63, 3.8) is 0 Å². The van der Waals surface area contributed by atoms with Gasteiger partial charge in [0, 0.05) is 11.8 Å². The number of nitrogens with one attached hydrogen (secondary N) is 1. The van der Waals surface area contributed by atoms with E-state index in [4.69, 9.17) is 36.5 Å². The first kappa shape index (κ1) is 18.6. The molecule has 2 aromatic rings. The standard InChI is InChI=1S/C14H7B4FN2O4/c15-8-7(9(16)12(19)11(18)10(8)17)4-1-5(22)13(20-2-4)14(25)21-3-6(23)24/h1-2,22H,3H2,(H,21,25)(H,23,24). The molecule has 11 heteroatoms. The van der Waals surface area contributed by atoms with Gasteiger partial charge in [0.2, 0.25) is 0 Å². The topological polar surface area (TPSA) is 99.5 Å². The van der Waals surface area contributed by atoms with E-state index in [0.717, 1.165) is 12.3 Å². The second kappa shape index (κ2) is 7.04. The molecular formula is C14H7B4FN2O4. The van der Waals surface area contributed by atoms with Crippen LogP contribution in [0.2, 0.25) is 0 Å². The second-order valence-corrected chi connectivity index (χ2v) is 5.01. The van der Waals surface area contributed by atoms with Gasteiger partial charge in [-0.05, 0) is 11.6 Å². The van der Waals surface area contributed by atoms with Crippen molar-refractivity contribution >= 4 is 65.1 Å². The van der Waals surface area contributed by atoms with Gasteiger partial charge in [0.1, 0.15) is 49.5 Å². The van der Waals surface area contributed by atoms with Crippen molar-refractivity contribution in [1.29, 1.82) is 0 Å². The highest BCUT2D eigenvalue weighted by Gasteiger charge is 2.18. The molecule has 1 aromatic heterocycles. The fourth-order valence-corrected chi connectivity index (χ4v) is 2.11. The first-order chi connectivity index (χ1) is 11.6. The van der Waals surface area contributed by atoms with Crippen molar-refractivity contribution in [2.24, 2.45) is 0 Å². The van der Waals surface area contributed by atoms with E-state index in [9.17, 15) is 19.1 Å². The summed E-state index contributed by atoms with van der Waals surface area (Å²) in [6.07, 6.45) is 1.10. The zero-order chi connectivity index (χ0) is 18.9. The van der Waals surface area contributed by atoms with Crippen LogP contribution >= 0.6 is 0 Å². The molecule has 1 aromatic carbocycles. The van der Waals surface area contributed by atoms with Crippen LogP contribution in [-0.4, -0.2) is 65.0 Å². The molecule has 116 valence electrons. The Bertz CT molecular complexity index is 863. The molecule has 25 heavy (non-hydrogen) atoms. The number of halogens is 1. The monoisotopic (exact) mass is 330 g/mol. The van der Waals surface area contributed by atoms with Crippen LogP contribution in [0, 0.1) is 5.82 Å². The van der Waals surface area contributed by atoms with Gasteiger partial charge in [-0.25, -0.2) is 9.37 Å². The van der Waals surface area contributed by atoms with E-state index >= 15 is 0 Å². The molecule has 0 unspecified atom stereocenters. The lowest BCUT2D eigenvalue weighted by atomic mass is 9.65. The molecule has 8 radical (unpaired) electrons. The Morgan fingerprint density at radius 2 is 1.76 bits per heavy atom. The average Bonchev–Trinajstić information content (AvgIpc) is 2.56. The number of rotatable bonds is 4. The van der Waals surface area contributed by atoms with Gasteiger partial charge in [0.05, 0.1) is 0 Å². The van der Waals surface area contributed by atoms with Gasteiger partial charge in [0.15, 0.2) is 5.69 Å². The minimum Gasteiger partial charge on any atom is -0.505 e. The van der Waals surface area contributed by atoms with E-state index in [-0.39, 0.29) is 22.1 Å². The van der Waals surface area contributed by atoms with Crippen LogP contribution in [0.25, 0.3) is 11.1 Å². The summed E-state index contributed by atoms with van der Waals surface area (Å²) in [5, 5.41) is 20.5. The Morgan fingerprint density at radius 3 is 2.32 bits per heavy atom. The molecule has 0 aliphatic heterocycles. The maximum atomic E-state index is 14.0. The van der Waals surface area contributed by atoms with E-state index in [2.05, 4.69) is 4.98 Å². The Morgan fingerprint density at radius 1 is 1.12 bits per heavy atom. The summed E-state index contributed by atoms with van der Waals surface area (Å²) < 4.78 is 14.0. The van der Waals surface area contributed by atoms with E-state index < -0.39 is 46.6 Å². The van der Waals surface area contributed by atoms with Crippen molar-refractivity contribution in [2.45, 2.75) is 0 Å². The number of amides is 1. The van der Waals surface area contributed by atoms with E-state index in [0.29, 0.717) is 0 Å². The third-order valence-electron chi connectivity index (χ3n) is 3.36. The quantitative estimate of drug-likeness (QED) is 0.508. The number of pyridine rings is 1. The Balaban J connectivity index is 2.49. The predicted molar refractivity (Wildman–Crippen MR) is 92.8 cm³/mol. The van der Waals surface area contributed by atoms with Gasteiger partial charge in [-0.3, -0.25) is 9.59 Å². The SMILES string of the molecule is [B]c1c([B])c(F)c([B])c(-c2cnc(C(=O)NCC(=O)O)c(O)c2)c1[B]. The predicted octanol–water partition coefficient (Wildman–Crippen LogP) is -3.42. The van der Waals surface area contributed by atoms with Crippen LogP contribution in [0.3, 0.4) is 0 Å². The zero-order valence-electron chi connectivity index (χ0n) is 12.7. The maximum absolute atomic E-state index is 14.0. The number of aromatic nitrogens is 1. The summed E-state index contributed by atoms with van der Waals surface area (Å²) in [5.41, 5.74) is -1.50. The van der Waals surface area contributed by atoms with Crippen LogP contribution in [0.15, 0.2) is 12.3 Å². The number of aromatic hydroxyl groups is 1. The molecule has 0 aliphatic rings. The normalized spacial score (nSPS) is 10.4. The Hall–Kier alpha value is -2.70. The maximum Gasteiger partial charge on any atom is 0.322 e. The minimum atomic E-state index is -1.27. The molecular weight excluding hydrogens is 322 g/mol. The molecule has 1 amide bonds. The average molecular weight is 329 g/mol. The first-order valence-corrected chi connectivity index (χ1v) is 6.75. The van der Waals surface area contributed by atoms with Crippen molar-refractivity contribution in [1.82, 2.24) is 10.3 Å². The van der Waals surface area contributed by atoms with E-state index in [1.54, 1.807) is 0 Å². The van der Waals surface area contributed by atoms with Gasteiger partial charge < -0.3 is 15.5 Å². The van der Waals surface area contributed by atoms with Gasteiger partial charge in [-0.1, -0.05) is 16.4 Å². The largest absolute Gasteiger partial charge is 0.505 e. The van der Waals surface area contributed by atoms with Crippen LogP contribution in [0.5, 0.6) is 5.75 Å². The fraction of sp³-hybridized carbons (Fsp3) is 0.0714. The summed E-state index contributed by atoms with van der Waals surface area (Å²) in [6.45, 7) is -0.651. The molecule has 0 spiro atoms. The number of carbonyl (C=O) groups excluding carboxylic acids is 1. The number of aliphatic carboxylic acids is 1. The Labute approximate surface area is 147 Å². The lowest BCUT2D eigenvalue weighted by Gasteiger charge is -2.18. The number of nitrogens with zero attached hydrogens (tertiary/aromatic N) is 1. The minimum absolute atomic E-state index is 0.0375. The zero-order valence-corrected chi connectivity index (χ0v) is 12.7. The summed E-state index contributed by atoms with van der Waals surface area (Å²) in [6, 6.07) is 1.07. The van der Waals surface area contributed by atoms with E-state index in [1.807, 2.05) is 5.32 Å². The first-order valence-electron chi connectivity index (χ1n) is 6.75. The molecule has 0 bridgehead atoms. The number of carboxylic acids is 1. The molecule has 0 atom stereocenters. The summed E-state index contributed by atoms with van der Waals surface area (Å²) in [4.78, 5) is 25.9. The number of benzene rings is 1. The van der Waals surface area contributed by atoms with Gasteiger partial charge >= 0.3 is 5.97 Å². The van der Waals surface area contributed by atoms with Crippen molar-refractivity contribution in [3.05, 3.63) is 23.8 Å². The van der Waals surface area contributed by atoms with Gasteiger partial charge in [-0.15, -0.1) is 5.46 Å². The smallest absolute Gasteiger partial charge is 0.322 e. The highest BCUT2D eigenvalue weighted by atomic mass is 19.1. The van der Waals surface area contributed by atoms with Crippen LogP contribution < -0.4 is 27.2 Å². The molecule has 0 saturated carbocycles. The third-order valence-corrected chi connectivity index (χ3v) is 3.36. The molecule has 6 nitrogen and oxygen atoms in total. The number of hydrogen-bond donors (Lipinski definition) is 3. The van der Waals surface area contributed by atoms with Crippen molar-refractivity contribution in [3.8, 4) is 16.9 Å². The highest BCUT2D eigenvalue weighted by molar-refractivity contribution is 6.61. The molecule has 0 saturated heterocycles. The van der Waals surface area contributed by atoms with Crippen LogP contribution in [0.1, 0.15) is 10.5 Å². The van der Waals surface area contributed by atoms with Gasteiger partial charge in [0.25, 0.3) is 5.91 Å². The Kier molecular flexibility index (Phi) is 5.25. The van der Waals surface area contributed by atoms with Crippen molar-refractivity contribution in [2.75, 3.05) is 6.54 Å². The van der Waals surface area contributed by atoms with Crippen molar-refractivity contribution < 1.29 is 24.2 Å². The van der Waals surface area contributed by atoms with Crippen LogP contribution in [-0.2, 0) is 4.79 Å². The molecule has 3 N–H and O–H groups in total. The second-order valence-electron chi connectivity index (χ2n) is 5.01. The molecule has 1 heterocycles. The molecule has 0 fully saturated rings. The summed E-state index contributed by atoms with van der Waals surface area (Å²) >= 11 is 0. The number of hydrogen-bond acceptors (Lipinski definition) is 4. The van der Waals surface area contributed by atoms with Gasteiger partial charge in [-0.2, -0.15) is 0 Å². The van der Waals surface area contributed by atoms with E-state index in [1.165, 1.54) is 0 Å². The molecule has 2 rings (SSSR count). The summed E-state index contributed by atoms with van der Waals surface area (Å²) in [7, 11) is 22.6. The lowest BCUT2D eigenvalue weighted by molar-refractivity contribution is -0.135. The molecule has 0 aliphatic carbocycles. The highest BCUT2D eigenvalue weighted by Crippen LogP contribution is 2.22. The third kappa shape index (κ3) is 3.55. The number of carbonyl (C=O) groups is 2. The lowest BCUT2D eigenvalue weighted by Crippen LogP contribution is -2.47.